The van der Waals surface area contributed by atoms with E-state index in [0.29, 0.717) is 18.1 Å². The van der Waals surface area contributed by atoms with Gasteiger partial charge in [-0.3, -0.25) is 4.90 Å². The molecule has 34 heavy (non-hydrogen) atoms. The normalized spacial score (nSPS) is 34.1. The van der Waals surface area contributed by atoms with Crippen molar-refractivity contribution >= 4 is 0 Å². The van der Waals surface area contributed by atoms with Crippen LogP contribution in [-0.4, -0.2) is 55.2 Å². The molecule has 0 aromatic rings. The van der Waals surface area contributed by atoms with Gasteiger partial charge >= 0.3 is 0 Å². The average molecular weight is 469 g/mol. The van der Waals surface area contributed by atoms with Crippen LogP contribution in [0.25, 0.3) is 0 Å². The number of hydrogen-bond acceptors (Lipinski definition) is 4. The number of dihydropyridines is 1. The van der Waals surface area contributed by atoms with E-state index in [0.717, 1.165) is 24.4 Å². The first-order valence-corrected chi connectivity index (χ1v) is 15.2. The molecule has 0 amide bonds. The van der Waals surface area contributed by atoms with Gasteiger partial charge in [-0.15, -0.1) is 0 Å². The van der Waals surface area contributed by atoms with Crippen molar-refractivity contribution in [3.05, 3.63) is 23.9 Å². The largest absolute Gasteiger partial charge is 0.381 e. The second kappa shape index (κ2) is 12.9. The molecule has 0 spiro atoms. The molecule has 0 aromatic heterocycles. The van der Waals surface area contributed by atoms with Crippen LogP contribution in [0.1, 0.15) is 103 Å². The Morgan fingerprint density at radius 2 is 1.41 bits per heavy atom. The van der Waals surface area contributed by atoms with Crippen LogP contribution < -0.4 is 16.0 Å². The number of nitrogens with zero attached hydrogens (tertiary/aromatic N) is 1. The third kappa shape index (κ3) is 7.11. The summed E-state index contributed by atoms with van der Waals surface area (Å²) in [4.78, 5) is 2.79. The lowest BCUT2D eigenvalue weighted by Gasteiger charge is -2.41. The highest BCUT2D eigenvalue weighted by molar-refractivity contribution is 5.22. The summed E-state index contributed by atoms with van der Waals surface area (Å²) in [7, 11) is 0. The van der Waals surface area contributed by atoms with Gasteiger partial charge in [-0.05, 0) is 75.8 Å². The van der Waals surface area contributed by atoms with Crippen molar-refractivity contribution in [2.75, 3.05) is 26.2 Å². The lowest BCUT2D eigenvalue weighted by atomic mass is 9.80. The van der Waals surface area contributed by atoms with Crippen LogP contribution in [0.5, 0.6) is 0 Å². The van der Waals surface area contributed by atoms with Gasteiger partial charge in [0.2, 0.25) is 0 Å². The molecule has 4 nitrogen and oxygen atoms in total. The van der Waals surface area contributed by atoms with E-state index in [9.17, 15) is 0 Å². The van der Waals surface area contributed by atoms with E-state index in [-0.39, 0.29) is 0 Å². The van der Waals surface area contributed by atoms with Crippen LogP contribution in [0.2, 0.25) is 0 Å². The first-order valence-electron chi connectivity index (χ1n) is 15.2. The minimum absolute atomic E-state index is 0.554. The van der Waals surface area contributed by atoms with Gasteiger partial charge < -0.3 is 16.0 Å². The van der Waals surface area contributed by atoms with Crippen LogP contribution in [-0.2, 0) is 0 Å². The number of hydrogen-bond donors (Lipinski definition) is 3. The summed E-state index contributed by atoms with van der Waals surface area (Å²) in [6.07, 6.45) is 29.8. The summed E-state index contributed by atoms with van der Waals surface area (Å²) in [6, 6.07) is 2.66. The fourth-order valence-electron chi connectivity index (χ4n) is 7.72. The molecule has 5 aliphatic rings. The SMILES string of the molecule is C1=CC(C2CCCCC2)NC(CN(CC2CCCCN2)CC2CCCC(C3CCCCC3)N2)=C1. The maximum atomic E-state index is 4.17. The van der Waals surface area contributed by atoms with Gasteiger partial charge in [0.25, 0.3) is 0 Å². The van der Waals surface area contributed by atoms with Crippen molar-refractivity contribution in [2.45, 2.75) is 127 Å². The van der Waals surface area contributed by atoms with E-state index in [1.54, 1.807) is 0 Å². The third-order valence-corrected chi connectivity index (χ3v) is 9.63. The van der Waals surface area contributed by atoms with Gasteiger partial charge in [0.15, 0.2) is 0 Å². The molecule has 0 aromatic carbocycles. The molecule has 4 unspecified atom stereocenters. The number of piperidine rings is 2. The van der Waals surface area contributed by atoms with Crippen molar-refractivity contribution in [2.24, 2.45) is 11.8 Å². The van der Waals surface area contributed by atoms with Crippen LogP contribution >= 0.6 is 0 Å². The Bertz CT molecular complexity index is 655. The van der Waals surface area contributed by atoms with E-state index >= 15 is 0 Å². The molecule has 5 rings (SSSR count). The highest BCUT2D eigenvalue weighted by atomic mass is 15.2. The zero-order chi connectivity index (χ0) is 23.0. The van der Waals surface area contributed by atoms with Gasteiger partial charge in [0, 0.05) is 49.5 Å². The van der Waals surface area contributed by atoms with E-state index < -0.39 is 0 Å². The fourth-order valence-corrected chi connectivity index (χ4v) is 7.72. The Balaban J connectivity index is 1.19. The number of rotatable bonds is 8. The van der Waals surface area contributed by atoms with Crippen molar-refractivity contribution in [3.8, 4) is 0 Å². The van der Waals surface area contributed by atoms with E-state index in [2.05, 4.69) is 39.1 Å². The molecule has 2 aliphatic carbocycles. The molecular weight excluding hydrogens is 416 g/mol. The molecule has 4 fully saturated rings. The van der Waals surface area contributed by atoms with Crippen molar-refractivity contribution < 1.29 is 0 Å². The molecule has 4 heteroatoms. The molecule has 2 saturated heterocycles. The average Bonchev–Trinajstić information content (AvgIpc) is 2.91. The van der Waals surface area contributed by atoms with Gasteiger partial charge in [0.1, 0.15) is 0 Å². The zero-order valence-electron chi connectivity index (χ0n) is 21.8. The summed E-state index contributed by atoms with van der Waals surface area (Å²) in [5.41, 5.74) is 1.45. The minimum Gasteiger partial charge on any atom is -0.381 e. The summed E-state index contributed by atoms with van der Waals surface area (Å²) in [5, 5.41) is 12.0. The number of allylic oxidation sites excluding steroid dienone is 2. The molecule has 0 bridgehead atoms. The summed E-state index contributed by atoms with van der Waals surface area (Å²) >= 11 is 0. The first kappa shape index (κ1) is 24.8. The predicted molar refractivity (Wildman–Crippen MR) is 144 cm³/mol. The molecular formula is C30H52N4. The van der Waals surface area contributed by atoms with Crippen molar-refractivity contribution in [1.29, 1.82) is 0 Å². The number of nitrogens with one attached hydrogen (secondary N) is 3. The zero-order valence-corrected chi connectivity index (χ0v) is 21.8. The topological polar surface area (TPSA) is 39.3 Å². The maximum Gasteiger partial charge on any atom is 0.0473 e. The second-order valence-corrected chi connectivity index (χ2v) is 12.3. The lowest BCUT2D eigenvalue weighted by molar-refractivity contribution is 0.158. The quantitative estimate of drug-likeness (QED) is 0.439. The standard InChI is InChI=1S/C30H52N4/c1-3-11-24(12-4-1)29-18-9-16-27(32-29)22-34(21-26-15-7-8-20-31-26)23-28-17-10-19-30(33-28)25-13-5-2-6-14-25/h9,16,18,24-26,28-33H,1-8,10-15,17,19-23H2. The van der Waals surface area contributed by atoms with Crippen LogP contribution in [0.15, 0.2) is 23.9 Å². The molecule has 3 aliphatic heterocycles. The third-order valence-electron chi connectivity index (χ3n) is 9.63. The highest BCUT2D eigenvalue weighted by Crippen LogP contribution is 2.31. The minimum atomic E-state index is 0.554. The Hall–Kier alpha value is -0.840. The highest BCUT2D eigenvalue weighted by Gasteiger charge is 2.31. The van der Waals surface area contributed by atoms with Crippen LogP contribution in [0, 0.1) is 11.8 Å². The van der Waals surface area contributed by atoms with Crippen molar-refractivity contribution in [1.82, 2.24) is 20.9 Å². The van der Waals surface area contributed by atoms with Gasteiger partial charge in [-0.25, -0.2) is 0 Å². The van der Waals surface area contributed by atoms with Gasteiger partial charge in [0.05, 0.1) is 0 Å². The van der Waals surface area contributed by atoms with E-state index in [4.69, 9.17) is 0 Å². The summed E-state index contributed by atoms with van der Waals surface area (Å²) in [6.45, 7) is 4.69. The molecule has 0 radical (unpaired) electrons. The summed E-state index contributed by atoms with van der Waals surface area (Å²) < 4.78 is 0. The van der Waals surface area contributed by atoms with Gasteiger partial charge in [-0.2, -0.15) is 0 Å². The predicted octanol–water partition coefficient (Wildman–Crippen LogP) is 5.51. The monoisotopic (exact) mass is 468 g/mol. The van der Waals surface area contributed by atoms with Gasteiger partial charge in [-0.1, -0.05) is 63.5 Å². The van der Waals surface area contributed by atoms with E-state index in [1.807, 2.05) is 0 Å². The molecule has 3 N–H and O–H groups in total. The van der Waals surface area contributed by atoms with Crippen molar-refractivity contribution in [3.63, 3.8) is 0 Å². The Morgan fingerprint density at radius 1 is 0.706 bits per heavy atom. The molecule has 192 valence electrons. The smallest absolute Gasteiger partial charge is 0.0473 e. The Kier molecular flexibility index (Phi) is 9.44. The van der Waals surface area contributed by atoms with E-state index in [1.165, 1.54) is 128 Å². The molecule has 4 atom stereocenters. The second-order valence-electron chi connectivity index (χ2n) is 12.3. The molecule has 2 saturated carbocycles. The first-order chi connectivity index (χ1) is 16.8. The van der Waals surface area contributed by atoms with Crippen LogP contribution in [0.3, 0.4) is 0 Å². The Labute approximate surface area is 209 Å². The Morgan fingerprint density at radius 3 is 2.18 bits per heavy atom. The lowest BCUT2D eigenvalue weighted by Crippen LogP contribution is -2.54. The summed E-state index contributed by atoms with van der Waals surface area (Å²) in [5.74, 6) is 1.77. The van der Waals surface area contributed by atoms with Crippen LogP contribution in [0.4, 0.5) is 0 Å². The molecule has 3 heterocycles. The maximum absolute atomic E-state index is 4.17. The fraction of sp³-hybridized carbons (Fsp3) is 0.867.